The summed E-state index contributed by atoms with van der Waals surface area (Å²) in [5.41, 5.74) is 0. The standard InChI is InChI=1S/C6H8BrI/c7-5-2-1-3-6(8)4-5/h3,5H,1-2,4H2. The first kappa shape index (κ1) is 7.06. The summed E-state index contributed by atoms with van der Waals surface area (Å²) in [6, 6.07) is 0. The van der Waals surface area contributed by atoms with Crippen molar-refractivity contribution in [2.24, 2.45) is 0 Å². The van der Waals surface area contributed by atoms with Crippen LogP contribution in [0.25, 0.3) is 0 Å². The number of hydrogen-bond acceptors (Lipinski definition) is 0. The predicted molar refractivity (Wildman–Crippen MR) is 48.7 cm³/mol. The number of alkyl halides is 1. The second-order valence-electron chi connectivity index (χ2n) is 2.03. The molecule has 1 atom stereocenters. The maximum atomic E-state index is 3.58. The van der Waals surface area contributed by atoms with Gasteiger partial charge in [-0.2, -0.15) is 0 Å². The van der Waals surface area contributed by atoms with Gasteiger partial charge < -0.3 is 0 Å². The van der Waals surface area contributed by atoms with Crippen molar-refractivity contribution in [3.63, 3.8) is 0 Å². The van der Waals surface area contributed by atoms with Crippen molar-refractivity contribution in [2.75, 3.05) is 0 Å². The lowest BCUT2D eigenvalue weighted by molar-refractivity contribution is 0.756. The predicted octanol–water partition coefficient (Wildman–Crippen LogP) is 3.25. The van der Waals surface area contributed by atoms with E-state index in [1.165, 1.54) is 22.8 Å². The Labute approximate surface area is 72.0 Å². The zero-order valence-electron chi connectivity index (χ0n) is 4.53. The van der Waals surface area contributed by atoms with E-state index >= 15 is 0 Å². The Balaban J connectivity index is 2.45. The molecule has 0 N–H and O–H groups in total. The summed E-state index contributed by atoms with van der Waals surface area (Å²) in [5, 5.41) is 0. The fraction of sp³-hybridized carbons (Fsp3) is 0.667. The topological polar surface area (TPSA) is 0 Å². The molecule has 0 aliphatic heterocycles. The Morgan fingerprint density at radius 1 is 1.75 bits per heavy atom. The molecule has 2 heteroatoms. The Bertz CT molecular complexity index is 109. The zero-order chi connectivity index (χ0) is 5.98. The SMILES string of the molecule is BrC1CCC=C(I)C1. The third-order valence-electron chi connectivity index (χ3n) is 1.26. The number of halogens is 2. The smallest absolute Gasteiger partial charge is 0.0193 e. The maximum absolute atomic E-state index is 3.58. The van der Waals surface area contributed by atoms with Crippen LogP contribution in [0.15, 0.2) is 9.66 Å². The largest absolute Gasteiger partial charge is 0.0887 e. The average molecular weight is 287 g/mol. The average Bonchev–Trinajstić information content (AvgIpc) is 1.64. The van der Waals surface area contributed by atoms with Crippen molar-refractivity contribution in [3.05, 3.63) is 9.66 Å². The van der Waals surface area contributed by atoms with Crippen molar-refractivity contribution in [2.45, 2.75) is 24.1 Å². The van der Waals surface area contributed by atoms with Gasteiger partial charge in [0, 0.05) is 4.83 Å². The molecule has 0 saturated carbocycles. The summed E-state index contributed by atoms with van der Waals surface area (Å²) in [6.45, 7) is 0. The maximum Gasteiger partial charge on any atom is 0.0193 e. The van der Waals surface area contributed by atoms with Crippen LogP contribution in [-0.4, -0.2) is 4.83 Å². The first-order valence-electron chi connectivity index (χ1n) is 2.77. The van der Waals surface area contributed by atoms with Crippen LogP contribution in [0.5, 0.6) is 0 Å². The summed E-state index contributed by atoms with van der Waals surface area (Å²) in [4.78, 5) is 0.749. The molecule has 0 aromatic rings. The molecule has 0 aromatic carbocycles. The molecule has 0 saturated heterocycles. The molecule has 0 fully saturated rings. The quantitative estimate of drug-likeness (QED) is 0.474. The van der Waals surface area contributed by atoms with Crippen molar-refractivity contribution in [3.8, 4) is 0 Å². The minimum Gasteiger partial charge on any atom is -0.0887 e. The molecular weight excluding hydrogens is 279 g/mol. The molecule has 1 aliphatic carbocycles. The van der Waals surface area contributed by atoms with E-state index in [1.54, 1.807) is 0 Å². The monoisotopic (exact) mass is 286 g/mol. The molecule has 0 heterocycles. The van der Waals surface area contributed by atoms with Crippen molar-refractivity contribution in [1.29, 1.82) is 0 Å². The number of rotatable bonds is 0. The zero-order valence-corrected chi connectivity index (χ0v) is 8.28. The van der Waals surface area contributed by atoms with E-state index in [-0.39, 0.29) is 0 Å². The Morgan fingerprint density at radius 2 is 2.50 bits per heavy atom. The summed E-state index contributed by atoms with van der Waals surface area (Å²) < 4.78 is 1.51. The van der Waals surface area contributed by atoms with Gasteiger partial charge in [0.05, 0.1) is 0 Å². The molecule has 0 radical (unpaired) electrons. The van der Waals surface area contributed by atoms with Crippen molar-refractivity contribution in [1.82, 2.24) is 0 Å². The van der Waals surface area contributed by atoms with Crippen LogP contribution in [0, 0.1) is 0 Å². The van der Waals surface area contributed by atoms with Gasteiger partial charge in [-0.05, 0) is 45.4 Å². The summed E-state index contributed by atoms with van der Waals surface area (Å²) in [5.74, 6) is 0. The molecule has 46 valence electrons. The van der Waals surface area contributed by atoms with E-state index in [9.17, 15) is 0 Å². The van der Waals surface area contributed by atoms with Crippen molar-refractivity contribution < 1.29 is 0 Å². The van der Waals surface area contributed by atoms with Gasteiger partial charge in [-0.3, -0.25) is 0 Å². The lowest BCUT2D eigenvalue weighted by Crippen LogP contribution is -2.00. The lowest BCUT2D eigenvalue weighted by Gasteiger charge is -2.12. The van der Waals surface area contributed by atoms with Gasteiger partial charge in [0.25, 0.3) is 0 Å². The van der Waals surface area contributed by atoms with Crippen LogP contribution in [0.4, 0.5) is 0 Å². The van der Waals surface area contributed by atoms with Crippen LogP contribution in [0.2, 0.25) is 0 Å². The highest BCUT2D eigenvalue weighted by atomic mass is 127. The van der Waals surface area contributed by atoms with E-state index in [2.05, 4.69) is 44.6 Å². The van der Waals surface area contributed by atoms with E-state index in [1.807, 2.05) is 0 Å². The molecule has 0 nitrogen and oxygen atoms in total. The highest BCUT2D eigenvalue weighted by Crippen LogP contribution is 2.27. The number of allylic oxidation sites excluding steroid dienone is 2. The molecule has 0 bridgehead atoms. The van der Waals surface area contributed by atoms with Crippen LogP contribution >= 0.6 is 38.5 Å². The summed E-state index contributed by atoms with van der Waals surface area (Å²) in [6.07, 6.45) is 6.12. The first-order valence-corrected chi connectivity index (χ1v) is 4.77. The molecule has 8 heavy (non-hydrogen) atoms. The van der Waals surface area contributed by atoms with Crippen molar-refractivity contribution >= 4 is 38.5 Å². The molecule has 0 aromatic heterocycles. The minimum atomic E-state index is 0.749. The van der Waals surface area contributed by atoms with Crippen LogP contribution in [0.3, 0.4) is 0 Å². The molecular formula is C6H8BrI. The van der Waals surface area contributed by atoms with Crippen LogP contribution < -0.4 is 0 Å². The fourth-order valence-electron chi connectivity index (χ4n) is 0.818. The van der Waals surface area contributed by atoms with E-state index in [0.717, 1.165) is 4.83 Å². The van der Waals surface area contributed by atoms with Gasteiger partial charge in [-0.25, -0.2) is 0 Å². The van der Waals surface area contributed by atoms with E-state index in [0.29, 0.717) is 0 Å². The fourth-order valence-corrected chi connectivity index (χ4v) is 2.88. The highest BCUT2D eigenvalue weighted by molar-refractivity contribution is 14.1. The molecule has 1 rings (SSSR count). The Hall–Kier alpha value is 0.950. The van der Waals surface area contributed by atoms with Crippen LogP contribution in [-0.2, 0) is 0 Å². The molecule has 1 aliphatic rings. The van der Waals surface area contributed by atoms with Crippen LogP contribution in [0.1, 0.15) is 19.3 Å². The second kappa shape index (κ2) is 3.20. The normalized spacial score (nSPS) is 29.8. The van der Waals surface area contributed by atoms with Gasteiger partial charge in [-0.1, -0.05) is 22.0 Å². The van der Waals surface area contributed by atoms with E-state index in [4.69, 9.17) is 0 Å². The third-order valence-corrected chi connectivity index (χ3v) is 2.92. The highest BCUT2D eigenvalue weighted by Gasteiger charge is 2.08. The lowest BCUT2D eigenvalue weighted by atomic mass is 10.1. The number of hydrogen-bond donors (Lipinski definition) is 0. The summed E-state index contributed by atoms with van der Waals surface area (Å²) >= 11 is 5.99. The summed E-state index contributed by atoms with van der Waals surface area (Å²) in [7, 11) is 0. The van der Waals surface area contributed by atoms with Gasteiger partial charge in [0.1, 0.15) is 0 Å². The van der Waals surface area contributed by atoms with Gasteiger partial charge in [0.2, 0.25) is 0 Å². The first-order chi connectivity index (χ1) is 3.79. The van der Waals surface area contributed by atoms with E-state index < -0.39 is 0 Å². The van der Waals surface area contributed by atoms with Gasteiger partial charge >= 0.3 is 0 Å². The molecule has 1 unspecified atom stereocenters. The van der Waals surface area contributed by atoms with Gasteiger partial charge in [-0.15, -0.1) is 0 Å². The van der Waals surface area contributed by atoms with Gasteiger partial charge in [0.15, 0.2) is 0 Å². The Kier molecular flexibility index (Phi) is 2.83. The molecule has 0 spiro atoms. The minimum absolute atomic E-state index is 0.749. The molecule has 0 amide bonds. The Morgan fingerprint density at radius 3 is 2.88 bits per heavy atom. The second-order valence-corrected chi connectivity index (χ2v) is 4.71. The third kappa shape index (κ3) is 2.05.